The molecule has 5 heterocycles. The van der Waals surface area contributed by atoms with Crippen molar-refractivity contribution in [1.82, 2.24) is 29.3 Å². The van der Waals surface area contributed by atoms with Crippen molar-refractivity contribution in [1.29, 1.82) is 0 Å². The van der Waals surface area contributed by atoms with Gasteiger partial charge in [0.05, 0.1) is 5.56 Å². The molecule has 0 saturated carbocycles. The summed E-state index contributed by atoms with van der Waals surface area (Å²) in [6.07, 6.45) is 4.72. The van der Waals surface area contributed by atoms with Crippen molar-refractivity contribution in [2.45, 2.75) is 43.8 Å². The lowest BCUT2D eigenvalue weighted by molar-refractivity contribution is -0.0122. The first kappa shape index (κ1) is 21.4. The Kier molecular flexibility index (Phi) is 4.88. The number of aryl methyl sites for hydroxylation is 1. The summed E-state index contributed by atoms with van der Waals surface area (Å²) in [4.78, 5) is 23.5. The van der Waals surface area contributed by atoms with E-state index in [0.717, 1.165) is 12.8 Å². The molecule has 1 fully saturated rings. The van der Waals surface area contributed by atoms with Gasteiger partial charge in [-0.1, -0.05) is 0 Å². The summed E-state index contributed by atoms with van der Waals surface area (Å²) in [6, 6.07) is 5.70. The van der Waals surface area contributed by atoms with E-state index in [-0.39, 0.29) is 27.9 Å². The van der Waals surface area contributed by atoms with Crippen LogP contribution in [-0.4, -0.2) is 51.0 Å². The van der Waals surface area contributed by atoms with Gasteiger partial charge in [-0.3, -0.25) is 14.4 Å². The smallest absolute Gasteiger partial charge is 0.283 e. The first-order chi connectivity index (χ1) is 15.7. The number of nitrogens with one attached hydrogen (secondary N) is 1. The first-order valence-electron chi connectivity index (χ1n) is 10.4. The number of fused-ring (bicyclic) bond motifs is 6. The highest BCUT2D eigenvalue weighted by Gasteiger charge is 2.41. The van der Waals surface area contributed by atoms with E-state index in [0.29, 0.717) is 24.7 Å². The number of rotatable bonds is 2. The van der Waals surface area contributed by atoms with Crippen LogP contribution >= 0.6 is 0 Å². The number of anilines is 1. The Hall–Kier alpha value is -3.48. The number of carbonyl (C=O) groups excluding carboxylic acids is 1. The quantitative estimate of drug-likeness (QED) is 0.596. The van der Waals surface area contributed by atoms with Crippen LogP contribution in [0.3, 0.4) is 0 Å². The molecule has 3 aromatic rings. The molecule has 2 aliphatic rings. The number of halogens is 1. The molecule has 33 heavy (non-hydrogen) atoms. The standard InChI is InChI=1S/C20H22FN7O4S/c1-20(2)11-13-5-8-26-9-7-17(24-26)33(30,31)25-19(29)14-3-4-15(22-18(14)27(20)12-13)28-10-6-16(23-28)32-21/h3-4,6-7,9-10,13H,5,8,11-12H2,1-2H3,(H,25,29). The lowest BCUT2D eigenvalue weighted by atomic mass is 9.94. The zero-order valence-corrected chi connectivity index (χ0v) is 18.8. The topological polar surface area (TPSA) is 124 Å². The summed E-state index contributed by atoms with van der Waals surface area (Å²) in [6.45, 7) is 5.29. The van der Waals surface area contributed by atoms with Gasteiger partial charge in [0, 0.05) is 41.6 Å². The Bertz CT molecular complexity index is 1330. The molecule has 0 radical (unpaired) electrons. The Morgan fingerprint density at radius 1 is 1.18 bits per heavy atom. The molecule has 0 aromatic carbocycles. The second-order valence-corrected chi connectivity index (χ2v) is 10.5. The van der Waals surface area contributed by atoms with Gasteiger partial charge in [-0.25, -0.2) is 14.4 Å². The van der Waals surface area contributed by atoms with Crippen molar-refractivity contribution in [2.24, 2.45) is 5.92 Å². The van der Waals surface area contributed by atoms with Crippen molar-refractivity contribution in [2.75, 3.05) is 11.4 Å². The largest absolute Gasteiger partial charge is 0.350 e. The summed E-state index contributed by atoms with van der Waals surface area (Å²) in [5.41, 5.74) is -0.246. The Labute approximate surface area is 189 Å². The number of sulfonamides is 1. The van der Waals surface area contributed by atoms with Gasteiger partial charge in [0.1, 0.15) is 5.82 Å². The van der Waals surface area contributed by atoms with Gasteiger partial charge in [0.25, 0.3) is 21.8 Å². The molecule has 174 valence electrons. The molecule has 1 atom stereocenters. The Morgan fingerprint density at radius 3 is 2.76 bits per heavy atom. The number of aromatic nitrogens is 5. The van der Waals surface area contributed by atoms with Crippen molar-refractivity contribution >= 4 is 21.7 Å². The highest BCUT2D eigenvalue weighted by atomic mass is 32.2. The van der Waals surface area contributed by atoms with Crippen LogP contribution in [-0.2, 0) is 16.6 Å². The van der Waals surface area contributed by atoms with Crippen LogP contribution in [0.2, 0.25) is 0 Å². The van der Waals surface area contributed by atoms with E-state index in [2.05, 4.69) is 38.7 Å². The highest BCUT2D eigenvalue weighted by Crippen LogP contribution is 2.39. The zero-order chi connectivity index (χ0) is 23.4. The van der Waals surface area contributed by atoms with Gasteiger partial charge < -0.3 is 4.90 Å². The van der Waals surface area contributed by atoms with Gasteiger partial charge >= 0.3 is 0 Å². The lowest BCUT2D eigenvalue weighted by Crippen LogP contribution is -2.41. The van der Waals surface area contributed by atoms with Gasteiger partial charge in [-0.05, 0) is 50.8 Å². The summed E-state index contributed by atoms with van der Waals surface area (Å²) >= 11 is 0. The maximum atomic E-state index is 13.1. The third kappa shape index (κ3) is 3.81. The average Bonchev–Trinajstić information content (AvgIpc) is 3.49. The summed E-state index contributed by atoms with van der Waals surface area (Å²) in [5, 5.41) is 7.85. The minimum atomic E-state index is -4.17. The number of carbonyl (C=O) groups is 1. The van der Waals surface area contributed by atoms with Crippen molar-refractivity contribution in [3.05, 3.63) is 42.2 Å². The maximum Gasteiger partial charge on any atom is 0.283 e. The molecule has 1 saturated heterocycles. The second kappa shape index (κ2) is 7.54. The monoisotopic (exact) mass is 475 g/mol. The van der Waals surface area contributed by atoms with E-state index in [9.17, 15) is 17.7 Å². The van der Waals surface area contributed by atoms with Gasteiger partial charge in [-0.15, -0.1) is 5.10 Å². The average molecular weight is 476 g/mol. The maximum absolute atomic E-state index is 13.1. The Balaban J connectivity index is 1.64. The third-order valence-corrected chi connectivity index (χ3v) is 7.31. The van der Waals surface area contributed by atoms with Crippen LogP contribution in [0.25, 0.3) is 5.82 Å². The number of nitrogens with zero attached hydrogens (tertiary/aromatic N) is 6. The fourth-order valence-electron chi connectivity index (χ4n) is 4.53. The van der Waals surface area contributed by atoms with E-state index in [4.69, 9.17) is 0 Å². The van der Waals surface area contributed by atoms with E-state index < -0.39 is 15.9 Å². The van der Waals surface area contributed by atoms with Crippen molar-refractivity contribution < 1.29 is 22.7 Å². The van der Waals surface area contributed by atoms with E-state index >= 15 is 0 Å². The first-order valence-corrected chi connectivity index (χ1v) is 11.9. The van der Waals surface area contributed by atoms with E-state index in [1.807, 2.05) is 4.90 Å². The minimum Gasteiger partial charge on any atom is -0.350 e. The third-order valence-electron chi connectivity index (χ3n) is 6.08. The molecule has 1 unspecified atom stereocenters. The molecule has 0 spiro atoms. The van der Waals surface area contributed by atoms with Gasteiger partial charge in [-0.2, -0.15) is 13.5 Å². The SMILES string of the molecule is CC1(C)CC2CCn3ccc(n3)S(=O)(=O)NC(=O)c3ccc(-n4ccc(OF)n4)nc3N1C2. The van der Waals surface area contributed by atoms with Gasteiger partial charge in [0.2, 0.25) is 0 Å². The molecule has 11 nitrogen and oxygen atoms in total. The van der Waals surface area contributed by atoms with Crippen LogP contribution in [0.1, 0.15) is 37.0 Å². The van der Waals surface area contributed by atoms with Gasteiger partial charge in [0.15, 0.2) is 10.8 Å². The fourth-order valence-corrected chi connectivity index (χ4v) is 5.44. The molecule has 13 heteroatoms. The van der Waals surface area contributed by atoms with E-state index in [1.54, 1.807) is 10.9 Å². The number of hydrogen-bond acceptors (Lipinski definition) is 8. The number of hydrogen-bond donors (Lipinski definition) is 1. The molecular formula is C20H22FN7O4S. The lowest BCUT2D eigenvalue weighted by Gasteiger charge is -2.34. The normalized spacial score (nSPS) is 21.4. The van der Waals surface area contributed by atoms with Crippen molar-refractivity contribution in [3.8, 4) is 11.7 Å². The minimum absolute atomic E-state index is 0.101. The van der Waals surface area contributed by atoms with Crippen LogP contribution < -0.4 is 14.6 Å². The molecule has 3 aromatic heterocycles. The number of amides is 1. The summed E-state index contributed by atoms with van der Waals surface area (Å²) in [7, 11) is -4.17. The molecule has 1 N–H and O–H groups in total. The van der Waals surface area contributed by atoms with E-state index in [1.165, 1.54) is 35.1 Å². The molecular weight excluding hydrogens is 453 g/mol. The second-order valence-electron chi connectivity index (χ2n) is 8.85. The Morgan fingerprint density at radius 2 is 2.00 bits per heavy atom. The van der Waals surface area contributed by atoms with Crippen LogP contribution in [0, 0.1) is 5.92 Å². The fraction of sp³-hybridized carbons (Fsp3) is 0.400. The number of pyridine rings is 1. The molecule has 2 aliphatic heterocycles. The van der Waals surface area contributed by atoms with Crippen LogP contribution in [0.4, 0.5) is 10.3 Å². The molecule has 4 bridgehead atoms. The summed E-state index contributed by atoms with van der Waals surface area (Å²) < 4.78 is 43.0. The van der Waals surface area contributed by atoms with Crippen molar-refractivity contribution in [3.63, 3.8) is 0 Å². The summed E-state index contributed by atoms with van der Waals surface area (Å²) in [5.74, 6) is -0.111. The predicted octanol–water partition coefficient (Wildman–Crippen LogP) is 1.85. The molecule has 0 aliphatic carbocycles. The zero-order valence-electron chi connectivity index (χ0n) is 18.0. The van der Waals surface area contributed by atoms with Crippen LogP contribution in [0.15, 0.2) is 41.7 Å². The molecule has 5 rings (SSSR count). The highest BCUT2D eigenvalue weighted by molar-refractivity contribution is 7.90. The predicted molar refractivity (Wildman–Crippen MR) is 114 cm³/mol. The molecule has 1 amide bonds. The van der Waals surface area contributed by atoms with Crippen LogP contribution in [0.5, 0.6) is 5.88 Å².